The lowest BCUT2D eigenvalue weighted by molar-refractivity contribution is 0.0677. The Morgan fingerprint density at radius 2 is 2.29 bits per heavy atom. The van der Waals surface area contributed by atoms with Crippen LogP contribution in [0.15, 0.2) is 18.2 Å². The maximum Gasteiger partial charge on any atom is 0.254 e. The van der Waals surface area contributed by atoms with Crippen LogP contribution >= 0.6 is 0 Å². The molecule has 1 aliphatic rings. The number of likely N-dealkylation sites (tertiary alicyclic amines) is 1. The number of benzene rings is 1. The van der Waals surface area contributed by atoms with E-state index < -0.39 is 0 Å². The quantitative estimate of drug-likeness (QED) is 0.812. The Labute approximate surface area is 100 Å². The van der Waals surface area contributed by atoms with Crippen LogP contribution in [0.5, 0.6) is 5.75 Å². The van der Waals surface area contributed by atoms with Gasteiger partial charge in [0.2, 0.25) is 0 Å². The summed E-state index contributed by atoms with van der Waals surface area (Å²) in [6.45, 7) is 2.47. The summed E-state index contributed by atoms with van der Waals surface area (Å²) in [5, 5.41) is 18.8. The van der Waals surface area contributed by atoms with E-state index in [-0.39, 0.29) is 24.3 Å². The van der Waals surface area contributed by atoms with Crippen LogP contribution in [-0.2, 0) is 0 Å². The molecule has 1 aliphatic heterocycles. The van der Waals surface area contributed by atoms with Gasteiger partial charge in [-0.15, -0.1) is 0 Å². The minimum atomic E-state index is -0.114. The predicted octanol–water partition coefficient (Wildman–Crippen LogP) is 1.30. The van der Waals surface area contributed by atoms with Crippen molar-refractivity contribution >= 4 is 5.91 Å². The van der Waals surface area contributed by atoms with Gasteiger partial charge in [0, 0.05) is 12.1 Å². The summed E-state index contributed by atoms with van der Waals surface area (Å²) in [6.07, 6.45) is 1.77. The SMILES string of the molecule is Cc1ccc(C(=O)N2CCC[C@@H]2CO)cc1O. The number of aliphatic hydroxyl groups excluding tert-OH is 1. The molecule has 2 N–H and O–H groups in total. The number of nitrogens with zero attached hydrogens (tertiary/aromatic N) is 1. The van der Waals surface area contributed by atoms with Gasteiger partial charge in [-0.05, 0) is 37.5 Å². The van der Waals surface area contributed by atoms with Crippen molar-refractivity contribution in [2.24, 2.45) is 0 Å². The summed E-state index contributed by atoms with van der Waals surface area (Å²) in [5.41, 5.74) is 1.23. The highest BCUT2D eigenvalue weighted by atomic mass is 16.3. The zero-order valence-electron chi connectivity index (χ0n) is 9.89. The molecule has 0 bridgehead atoms. The highest BCUT2D eigenvalue weighted by Gasteiger charge is 2.28. The molecule has 17 heavy (non-hydrogen) atoms. The molecule has 1 heterocycles. The minimum Gasteiger partial charge on any atom is -0.508 e. The zero-order valence-corrected chi connectivity index (χ0v) is 9.89. The third-order valence-corrected chi connectivity index (χ3v) is 3.30. The molecule has 0 radical (unpaired) electrons. The van der Waals surface area contributed by atoms with Gasteiger partial charge in [0.05, 0.1) is 12.6 Å². The van der Waals surface area contributed by atoms with Gasteiger partial charge in [0.15, 0.2) is 0 Å². The Morgan fingerprint density at radius 3 is 2.94 bits per heavy atom. The maximum absolute atomic E-state index is 12.2. The fraction of sp³-hybridized carbons (Fsp3) is 0.462. The molecule has 4 heteroatoms. The van der Waals surface area contributed by atoms with Crippen LogP contribution in [0.3, 0.4) is 0 Å². The van der Waals surface area contributed by atoms with Gasteiger partial charge in [0.1, 0.15) is 5.75 Å². The number of phenols is 1. The Bertz CT molecular complexity index is 431. The Balaban J connectivity index is 2.21. The second-order valence-electron chi connectivity index (χ2n) is 4.48. The van der Waals surface area contributed by atoms with E-state index >= 15 is 0 Å². The van der Waals surface area contributed by atoms with Crippen LogP contribution in [0.25, 0.3) is 0 Å². The first-order valence-electron chi connectivity index (χ1n) is 5.85. The molecule has 0 spiro atoms. The van der Waals surface area contributed by atoms with E-state index in [2.05, 4.69) is 0 Å². The lowest BCUT2D eigenvalue weighted by Crippen LogP contribution is -2.37. The largest absolute Gasteiger partial charge is 0.508 e. The molecule has 4 nitrogen and oxygen atoms in total. The van der Waals surface area contributed by atoms with Gasteiger partial charge in [-0.2, -0.15) is 0 Å². The van der Waals surface area contributed by atoms with E-state index in [0.29, 0.717) is 12.1 Å². The normalized spacial score (nSPS) is 19.6. The van der Waals surface area contributed by atoms with Crippen LogP contribution in [0.1, 0.15) is 28.8 Å². The first kappa shape index (κ1) is 11.9. The molecule has 1 aromatic rings. The van der Waals surface area contributed by atoms with Crippen molar-refractivity contribution < 1.29 is 15.0 Å². The third kappa shape index (κ3) is 2.26. The number of hydrogen-bond acceptors (Lipinski definition) is 3. The fourth-order valence-corrected chi connectivity index (χ4v) is 2.20. The van der Waals surface area contributed by atoms with Gasteiger partial charge in [-0.25, -0.2) is 0 Å². The van der Waals surface area contributed by atoms with E-state index in [1.165, 1.54) is 6.07 Å². The molecule has 0 unspecified atom stereocenters. The van der Waals surface area contributed by atoms with Crippen molar-refractivity contribution in [3.05, 3.63) is 29.3 Å². The molecule has 1 saturated heterocycles. The van der Waals surface area contributed by atoms with Gasteiger partial charge in [-0.3, -0.25) is 4.79 Å². The van der Waals surface area contributed by atoms with Crippen molar-refractivity contribution in [2.75, 3.05) is 13.2 Å². The number of rotatable bonds is 2. The molecule has 2 rings (SSSR count). The lowest BCUT2D eigenvalue weighted by atomic mass is 10.1. The van der Waals surface area contributed by atoms with Crippen LogP contribution in [0.4, 0.5) is 0 Å². The molecule has 1 amide bonds. The molecular weight excluding hydrogens is 218 g/mol. The number of carbonyl (C=O) groups is 1. The second-order valence-corrected chi connectivity index (χ2v) is 4.48. The topological polar surface area (TPSA) is 60.8 Å². The summed E-state index contributed by atoms with van der Waals surface area (Å²) < 4.78 is 0. The molecule has 92 valence electrons. The molecule has 0 saturated carbocycles. The molecule has 1 atom stereocenters. The van der Waals surface area contributed by atoms with Gasteiger partial charge in [-0.1, -0.05) is 6.07 Å². The number of amides is 1. The molecule has 1 fully saturated rings. The van der Waals surface area contributed by atoms with Gasteiger partial charge >= 0.3 is 0 Å². The Kier molecular flexibility index (Phi) is 3.33. The summed E-state index contributed by atoms with van der Waals surface area (Å²) in [7, 11) is 0. The number of aryl methyl sites for hydroxylation is 1. The lowest BCUT2D eigenvalue weighted by Gasteiger charge is -2.23. The number of aromatic hydroxyl groups is 1. The van der Waals surface area contributed by atoms with Gasteiger partial charge in [0.25, 0.3) is 5.91 Å². The number of aliphatic hydroxyl groups is 1. The van der Waals surface area contributed by atoms with Crippen molar-refractivity contribution in [1.82, 2.24) is 4.90 Å². The van der Waals surface area contributed by atoms with Crippen LogP contribution in [0, 0.1) is 6.92 Å². The van der Waals surface area contributed by atoms with Crippen LogP contribution < -0.4 is 0 Å². The summed E-state index contributed by atoms with van der Waals surface area (Å²) in [6, 6.07) is 4.85. The van der Waals surface area contributed by atoms with Crippen molar-refractivity contribution in [2.45, 2.75) is 25.8 Å². The second kappa shape index (κ2) is 4.75. The number of carbonyl (C=O) groups excluding carboxylic acids is 1. The molecule has 0 aromatic heterocycles. The van der Waals surface area contributed by atoms with Crippen molar-refractivity contribution in [3.63, 3.8) is 0 Å². The van der Waals surface area contributed by atoms with E-state index in [4.69, 9.17) is 0 Å². The summed E-state index contributed by atoms with van der Waals surface area (Å²) in [4.78, 5) is 13.9. The van der Waals surface area contributed by atoms with Gasteiger partial charge < -0.3 is 15.1 Å². The molecule has 0 aliphatic carbocycles. The van der Waals surface area contributed by atoms with Crippen molar-refractivity contribution in [3.8, 4) is 5.75 Å². The first-order valence-corrected chi connectivity index (χ1v) is 5.85. The standard InChI is InChI=1S/C13H17NO3/c1-9-4-5-10(7-12(9)16)13(17)14-6-2-3-11(14)8-15/h4-5,7,11,15-16H,2-3,6,8H2,1H3/t11-/m1/s1. The average molecular weight is 235 g/mol. The minimum absolute atomic E-state index is 0.00356. The highest BCUT2D eigenvalue weighted by molar-refractivity contribution is 5.95. The molecular formula is C13H17NO3. The predicted molar refractivity (Wildman–Crippen MR) is 64.0 cm³/mol. The third-order valence-electron chi connectivity index (χ3n) is 3.30. The zero-order chi connectivity index (χ0) is 12.4. The monoisotopic (exact) mass is 235 g/mol. The maximum atomic E-state index is 12.2. The van der Waals surface area contributed by atoms with Crippen molar-refractivity contribution in [1.29, 1.82) is 0 Å². The number of phenolic OH excluding ortho intramolecular Hbond substituents is 1. The average Bonchev–Trinajstić information content (AvgIpc) is 2.80. The highest BCUT2D eigenvalue weighted by Crippen LogP contribution is 2.23. The van der Waals surface area contributed by atoms with E-state index in [0.717, 1.165) is 18.4 Å². The van der Waals surface area contributed by atoms with Crippen LogP contribution in [0.2, 0.25) is 0 Å². The fourth-order valence-electron chi connectivity index (χ4n) is 2.20. The Hall–Kier alpha value is -1.55. The number of hydrogen-bond donors (Lipinski definition) is 2. The van der Waals surface area contributed by atoms with E-state index in [1.54, 1.807) is 24.0 Å². The summed E-state index contributed by atoms with van der Waals surface area (Å²) in [5.74, 6) is 0.0208. The van der Waals surface area contributed by atoms with E-state index in [1.807, 2.05) is 0 Å². The van der Waals surface area contributed by atoms with Crippen LogP contribution in [-0.4, -0.2) is 40.2 Å². The summed E-state index contributed by atoms with van der Waals surface area (Å²) >= 11 is 0. The van der Waals surface area contributed by atoms with E-state index in [9.17, 15) is 15.0 Å². The first-order chi connectivity index (χ1) is 8.13. The molecule has 1 aromatic carbocycles. The Morgan fingerprint density at radius 1 is 1.53 bits per heavy atom. The smallest absolute Gasteiger partial charge is 0.254 e.